The van der Waals surface area contributed by atoms with Gasteiger partial charge >= 0.3 is 0 Å². The molecule has 1 aromatic rings. The molecule has 3 N–H and O–H groups in total. The van der Waals surface area contributed by atoms with Crippen LogP contribution in [0.25, 0.3) is 0 Å². The van der Waals surface area contributed by atoms with Crippen molar-refractivity contribution in [3.63, 3.8) is 0 Å². The van der Waals surface area contributed by atoms with Crippen molar-refractivity contribution in [3.05, 3.63) is 21.4 Å². The summed E-state index contributed by atoms with van der Waals surface area (Å²) in [5.41, 5.74) is 6.49. The van der Waals surface area contributed by atoms with Crippen LogP contribution in [0.5, 0.6) is 0 Å². The lowest BCUT2D eigenvalue weighted by Crippen LogP contribution is -2.26. The first-order valence-corrected chi connectivity index (χ1v) is 7.65. The Morgan fingerprint density at radius 2 is 2.12 bits per heavy atom. The summed E-state index contributed by atoms with van der Waals surface area (Å²) in [4.78, 5) is 2.28. The second-order valence-electron chi connectivity index (χ2n) is 3.73. The van der Waals surface area contributed by atoms with Gasteiger partial charge in [-0.1, -0.05) is 0 Å². The maximum Gasteiger partial charge on any atom is 0.211 e. The Hall–Kier alpha value is -0.430. The minimum atomic E-state index is -3.17. The average molecular weight is 262 g/mol. The van der Waals surface area contributed by atoms with Gasteiger partial charge in [0.15, 0.2) is 0 Å². The van der Waals surface area contributed by atoms with Gasteiger partial charge in [-0.05, 0) is 38.4 Å². The second kappa shape index (κ2) is 5.77. The van der Waals surface area contributed by atoms with E-state index in [-0.39, 0.29) is 5.75 Å². The molecule has 0 aliphatic carbocycles. The lowest BCUT2D eigenvalue weighted by atomic mass is 10.3. The van der Waals surface area contributed by atoms with Crippen molar-refractivity contribution in [1.29, 1.82) is 0 Å². The van der Waals surface area contributed by atoms with Gasteiger partial charge in [-0.25, -0.2) is 13.1 Å². The number of aryl methyl sites for hydroxylation is 2. The third-order valence-corrected chi connectivity index (χ3v) is 4.86. The molecule has 92 valence electrons. The largest absolute Gasteiger partial charge is 0.330 e. The van der Waals surface area contributed by atoms with Crippen molar-refractivity contribution >= 4 is 21.4 Å². The molecule has 0 aromatic carbocycles. The second-order valence-corrected chi connectivity index (χ2v) is 7.00. The van der Waals surface area contributed by atoms with Crippen LogP contribution in [-0.4, -0.2) is 20.7 Å². The number of thiophene rings is 1. The first kappa shape index (κ1) is 13.6. The molecule has 1 heterocycles. The summed E-state index contributed by atoms with van der Waals surface area (Å²) in [6.45, 7) is 4.84. The molecular formula is C10H18N2O2S2. The molecule has 0 fully saturated rings. The van der Waals surface area contributed by atoms with Gasteiger partial charge < -0.3 is 5.73 Å². The van der Waals surface area contributed by atoms with Crippen LogP contribution in [0.2, 0.25) is 0 Å². The van der Waals surface area contributed by atoms with Crippen LogP contribution in [0.15, 0.2) is 6.07 Å². The molecule has 0 aliphatic heterocycles. The first-order chi connectivity index (χ1) is 7.44. The van der Waals surface area contributed by atoms with Gasteiger partial charge in [0.05, 0.1) is 5.75 Å². The third kappa shape index (κ3) is 4.21. The molecule has 0 amide bonds. The maximum absolute atomic E-state index is 11.5. The van der Waals surface area contributed by atoms with Crippen LogP contribution >= 0.6 is 11.3 Å². The molecule has 6 heteroatoms. The van der Waals surface area contributed by atoms with Gasteiger partial charge in [0.1, 0.15) is 0 Å². The summed E-state index contributed by atoms with van der Waals surface area (Å²) in [6, 6.07) is 2.02. The molecule has 0 saturated heterocycles. The zero-order chi connectivity index (χ0) is 12.2. The number of rotatable bonds is 6. The predicted molar refractivity (Wildman–Crippen MR) is 68.1 cm³/mol. The Labute approximate surface area is 101 Å². The Morgan fingerprint density at radius 3 is 2.62 bits per heavy atom. The van der Waals surface area contributed by atoms with Crippen molar-refractivity contribution in [2.24, 2.45) is 5.73 Å². The molecule has 0 unspecified atom stereocenters. The van der Waals surface area contributed by atoms with E-state index in [1.165, 1.54) is 10.4 Å². The lowest BCUT2D eigenvalue weighted by Gasteiger charge is -2.04. The van der Waals surface area contributed by atoms with E-state index in [0.29, 0.717) is 19.5 Å². The highest BCUT2D eigenvalue weighted by Crippen LogP contribution is 2.20. The molecule has 4 nitrogen and oxygen atoms in total. The summed E-state index contributed by atoms with van der Waals surface area (Å²) >= 11 is 1.63. The Morgan fingerprint density at radius 1 is 1.44 bits per heavy atom. The fourth-order valence-electron chi connectivity index (χ4n) is 1.26. The minimum Gasteiger partial charge on any atom is -0.330 e. The van der Waals surface area contributed by atoms with E-state index in [2.05, 4.69) is 4.72 Å². The van der Waals surface area contributed by atoms with Crippen LogP contribution in [0.4, 0.5) is 0 Å². The molecule has 0 spiro atoms. The van der Waals surface area contributed by atoms with Gasteiger partial charge in [0.25, 0.3) is 0 Å². The number of hydrogen-bond donors (Lipinski definition) is 2. The monoisotopic (exact) mass is 262 g/mol. The molecule has 1 rings (SSSR count). The van der Waals surface area contributed by atoms with Gasteiger partial charge in [0, 0.05) is 16.3 Å². The summed E-state index contributed by atoms with van der Waals surface area (Å²) in [6.07, 6.45) is 0.498. The summed E-state index contributed by atoms with van der Waals surface area (Å²) in [5, 5.41) is 0. The molecule has 0 aliphatic rings. The highest BCUT2D eigenvalue weighted by atomic mass is 32.2. The van der Waals surface area contributed by atoms with Gasteiger partial charge in [-0.2, -0.15) is 0 Å². The van der Waals surface area contributed by atoms with Crippen molar-refractivity contribution in [2.45, 2.75) is 26.8 Å². The molecule has 0 radical (unpaired) electrons. The molecule has 1 aromatic heterocycles. The molecule has 0 atom stereocenters. The van der Waals surface area contributed by atoms with Crippen LogP contribution in [0.3, 0.4) is 0 Å². The van der Waals surface area contributed by atoms with Gasteiger partial charge in [-0.3, -0.25) is 0 Å². The van der Waals surface area contributed by atoms with E-state index in [0.717, 1.165) is 4.88 Å². The van der Waals surface area contributed by atoms with Crippen molar-refractivity contribution in [2.75, 3.05) is 12.3 Å². The third-order valence-electron chi connectivity index (χ3n) is 2.30. The number of sulfonamides is 1. The van der Waals surface area contributed by atoms with E-state index < -0.39 is 10.0 Å². The Kier molecular flexibility index (Phi) is 4.91. The molecule has 0 saturated carbocycles. The van der Waals surface area contributed by atoms with E-state index >= 15 is 0 Å². The van der Waals surface area contributed by atoms with Crippen LogP contribution in [0.1, 0.15) is 21.7 Å². The topological polar surface area (TPSA) is 72.2 Å². The maximum atomic E-state index is 11.5. The van der Waals surface area contributed by atoms with Crippen molar-refractivity contribution in [3.8, 4) is 0 Å². The van der Waals surface area contributed by atoms with Crippen LogP contribution in [-0.2, 0) is 16.6 Å². The summed E-state index contributed by atoms with van der Waals surface area (Å²) < 4.78 is 25.6. The van der Waals surface area contributed by atoms with Gasteiger partial charge in [0.2, 0.25) is 10.0 Å². The van der Waals surface area contributed by atoms with E-state index in [9.17, 15) is 8.42 Å². The standard InChI is InChI=1S/C10H18N2O2S2/c1-8-6-10(15-9(8)2)7-12-16(13,14)5-3-4-11/h6,12H,3-5,7,11H2,1-2H3. The Balaban J connectivity index is 2.51. The minimum absolute atomic E-state index is 0.104. The SMILES string of the molecule is Cc1cc(CNS(=O)(=O)CCCN)sc1C. The van der Waals surface area contributed by atoms with E-state index in [1.54, 1.807) is 11.3 Å². The molecular weight excluding hydrogens is 244 g/mol. The lowest BCUT2D eigenvalue weighted by molar-refractivity contribution is 0.579. The summed E-state index contributed by atoms with van der Waals surface area (Å²) in [7, 11) is -3.17. The highest BCUT2D eigenvalue weighted by Gasteiger charge is 2.10. The zero-order valence-electron chi connectivity index (χ0n) is 9.62. The fourth-order valence-corrected chi connectivity index (χ4v) is 3.41. The van der Waals surface area contributed by atoms with Gasteiger partial charge in [-0.15, -0.1) is 11.3 Å². The molecule has 16 heavy (non-hydrogen) atoms. The zero-order valence-corrected chi connectivity index (χ0v) is 11.2. The van der Waals surface area contributed by atoms with E-state index in [1.807, 2.05) is 19.9 Å². The normalized spacial score (nSPS) is 11.9. The molecule has 0 bridgehead atoms. The first-order valence-electron chi connectivity index (χ1n) is 5.18. The highest BCUT2D eigenvalue weighted by molar-refractivity contribution is 7.89. The number of hydrogen-bond acceptors (Lipinski definition) is 4. The smallest absolute Gasteiger partial charge is 0.211 e. The predicted octanol–water partition coefficient (Wildman–Crippen LogP) is 1.13. The quantitative estimate of drug-likeness (QED) is 0.807. The van der Waals surface area contributed by atoms with E-state index in [4.69, 9.17) is 5.73 Å². The fraction of sp³-hybridized carbons (Fsp3) is 0.600. The number of nitrogens with one attached hydrogen (secondary N) is 1. The average Bonchev–Trinajstić information content (AvgIpc) is 2.53. The van der Waals surface area contributed by atoms with Crippen LogP contribution in [0, 0.1) is 13.8 Å². The Bertz CT molecular complexity index is 418. The van der Waals surface area contributed by atoms with Crippen molar-refractivity contribution in [1.82, 2.24) is 4.72 Å². The number of nitrogens with two attached hydrogens (primary N) is 1. The van der Waals surface area contributed by atoms with Crippen molar-refractivity contribution < 1.29 is 8.42 Å². The summed E-state index contributed by atoms with van der Waals surface area (Å²) in [5.74, 6) is 0.104. The van der Waals surface area contributed by atoms with Crippen LogP contribution < -0.4 is 10.5 Å².